The van der Waals surface area contributed by atoms with E-state index in [9.17, 15) is 13.5 Å². The molecule has 1 heterocycles. The van der Waals surface area contributed by atoms with Crippen LogP contribution in [0.4, 0.5) is 0 Å². The van der Waals surface area contributed by atoms with Crippen molar-refractivity contribution < 1.29 is 18.3 Å². The minimum atomic E-state index is -3.56. The van der Waals surface area contributed by atoms with Gasteiger partial charge in [0.15, 0.2) is 11.5 Å². The highest BCUT2D eigenvalue weighted by Crippen LogP contribution is 2.39. The van der Waals surface area contributed by atoms with Crippen LogP contribution in [-0.2, 0) is 16.6 Å². The first-order valence-corrected chi connectivity index (χ1v) is 10.0. The van der Waals surface area contributed by atoms with Gasteiger partial charge in [0.05, 0.1) is 28.1 Å². The summed E-state index contributed by atoms with van der Waals surface area (Å²) in [4.78, 5) is 4.79. The van der Waals surface area contributed by atoms with Gasteiger partial charge in [0.2, 0.25) is 10.0 Å². The Morgan fingerprint density at radius 2 is 1.96 bits per heavy atom. The highest BCUT2D eigenvalue weighted by molar-refractivity contribution is 7.89. The smallest absolute Gasteiger partial charge is 0.242 e. The summed E-state index contributed by atoms with van der Waals surface area (Å²) < 4.78 is 33.1. The van der Waals surface area contributed by atoms with Crippen molar-refractivity contribution in [2.75, 3.05) is 21.2 Å². The van der Waals surface area contributed by atoms with Gasteiger partial charge in [-0.1, -0.05) is 11.6 Å². The maximum atomic E-state index is 12.4. The Bertz CT molecular complexity index is 1120. The maximum Gasteiger partial charge on any atom is 0.242 e. The molecular weight excluding hydrogens is 390 g/mol. The van der Waals surface area contributed by atoms with Crippen LogP contribution in [0.5, 0.6) is 11.5 Å². The van der Waals surface area contributed by atoms with Crippen LogP contribution < -0.4 is 4.74 Å². The number of halogens is 1. The van der Waals surface area contributed by atoms with E-state index in [1.54, 1.807) is 30.3 Å². The molecular formula is C18H20ClN3O4S. The number of hydrogen-bond acceptors (Lipinski definition) is 5. The number of aryl methyl sites for hydroxylation is 1. The number of nitrogens with zero attached hydrogens (tertiary/aromatic N) is 3. The van der Waals surface area contributed by atoms with E-state index in [1.165, 1.54) is 21.2 Å². The first-order chi connectivity index (χ1) is 12.7. The quantitative estimate of drug-likeness (QED) is 0.698. The van der Waals surface area contributed by atoms with Gasteiger partial charge in [0.25, 0.3) is 0 Å². The molecule has 0 aliphatic heterocycles. The lowest BCUT2D eigenvalue weighted by molar-refractivity contribution is 0.374. The molecule has 144 valence electrons. The average molecular weight is 410 g/mol. The van der Waals surface area contributed by atoms with Crippen molar-refractivity contribution in [2.24, 2.45) is 0 Å². The standard InChI is InChI=1S/C18H20ClN3O4S/c1-5-22-15-7-6-12(27(24,25)21(2)3)10-14(15)20-18(22)11-8-13(19)17(23)16(9-11)26-4/h6-10,23H,5H2,1-4H3. The van der Waals surface area contributed by atoms with Crippen molar-refractivity contribution in [2.45, 2.75) is 18.4 Å². The summed E-state index contributed by atoms with van der Waals surface area (Å²) in [5, 5.41) is 10.1. The Morgan fingerprint density at radius 3 is 2.56 bits per heavy atom. The second kappa shape index (κ2) is 7.03. The van der Waals surface area contributed by atoms with E-state index in [-0.39, 0.29) is 21.4 Å². The molecule has 0 amide bonds. The predicted octanol–water partition coefficient (Wildman–Crippen LogP) is 3.34. The molecule has 0 unspecified atom stereocenters. The van der Waals surface area contributed by atoms with E-state index in [0.717, 1.165) is 9.82 Å². The van der Waals surface area contributed by atoms with Gasteiger partial charge in [-0.15, -0.1) is 0 Å². The Morgan fingerprint density at radius 1 is 1.26 bits per heavy atom. The Balaban J connectivity index is 2.25. The van der Waals surface area contributed by atoms with Gasteiger partial charge in [0, 0.05) is 26.2 Å². The lowest BCUT2D eigenvalue weighted by Crippen LogP contribution is -2.22. The summed E-state index contributed by atoms with van der Waals surface area (Å²) in [5.74, 6) is 0.705. The molecule has 0 spiro atoms. The number of rotatable bonds is 5. The highest BCUT2D eigenvalue weighted by Gasteiger charge is 2.21. The van der Waals surface area contributed by atoms with E-state index >= 15 is 0 Å². The fourth-order valence-corrected chi connectivity index (χ4v) is 4.01. The van der Waals surface area contributed by atoms with Crippen molar-refractivity contribution in [1.29, 1.82) is 0 Å². The average Bonchev–Trinajstić information content (AvgIpc) is 3.01. The maximum absolute atomic E-state index is 12.4. The minimum absolute atomic E-state index is 0.138. The van der Waals surface area contributed by atoms with Crippen molar-refractivity contribution in [3.8, 4) is 22.9 Å². The number of hydrogen-bond donors (Lipinski definition) is 1. The monoisotopic (exact) mass is 409 g/mol. The Kier molecular flexibility index (Phi) is 5.07. The lowest BCUT2D eigenvalue weighted by Gasteiger charge is -2.11. The van der Waals surface area contributed by atoms with Crippen LogP contribution in [0.25, 0.3) is 22.4 Å². The molecule has 7 nitrogen and oxygen atoms in total. The number of phenols is 1. The molecule has 9 heteroatoms. The van der Waals surface area contributed by atoms with Crippen molar-refractivity contribution >= 4 is 32.7 Å². The van der Waals surface area contributed by atoms with Crippen LogP contribution in [0.1, 0.15) is 6.92 Å². The van der Waals surface area contributed by atoms with E-state index < -0.39 is 10.0 Å². The zero-order valence-electron chi connectivity index (χ0n) is 15.4. The van der Waals surface area contributed by atoms with Gasteiger partial charge in [-0.2, -0.15) is 0 Å². The van der Waals surface area contributed by atoms with E-state index in [1.807, 2.05) is 11.5 Å². The van der Waals surface area contributed by atoms with Crippen LogP contribution in [0.15, 0.2) is 35.2 Å². The van der Waals surface area contributed by atoms with Crippen LogP contribution in [-0.4, -0.2) is 48.6 Å². The van der Waals surface area contributed by atoms with Gasteiger partial charge >= 0.3 is 0 Å². The van der Waals surface area contributed by atoms with Gasteiger partial charge in [0.1, 0.15) is 5.82 Å². The molecule has 27 heavy (non-hydrogen) atoms. The largest absolute Gasteiger partial charge is 0.503 e. The van der Waals surface area contributed by atoms with Crippen molar-refractivity contribution in [1.82, 2.24) is 13.9 Å². The van der Waals surface area contributed by atoms with Gasteiger partial charge in [-0.3, -0.25) is 0 Å². The summed E-state index contributed by atoms with van der Waals surface area (Å²) >= 11 is 6.11. The molecule has 0 fully saturated rings. The lowest BCUT2D eigenvalue weighted by atomic mass is 10.2. The molecule has 2 aromatic carbocycles. The summed E-state index contributed by atoms with van der Waals surface area (Å²) in [6, 6.07) is 8.11. The fourth-order valence-electron chi connectivity index (χ4n) is 2.88. The third-order valence-electron chi connectivity index (χ3n) is 4.32. The van der Waals surface area contributed by atoms with E-state index in [4.69, 9.17) is 16.3 Å². The van der Waals surface area contributed by atoms with Gasteiger partial charge in [-0.25, -0.2) is 17.7 Å². The summed E-state index contributed by atoms with van der Waals surface area (Å²) in [6.07, 6.45) is 0. The normalized spacial score (nSPS) is 12.1. The zero-order chi connectivity index (χ0) is 19.9. The molecule has 1 N–H and O–H groups in total. The van der Waals surface area contributed by atoms with Crippen LogP contribution in [0.3, 0.4) is 0 Å². The number of benzene rings is 2. The van der Waals surface area contributed by atoms with E-state index in [2.05, 4.69) is 4.98 Å². The number of fused-ring (bicyclic) bond motifs is 1. The minimum Gasteiger partial charge on any atom is -0.503 e. The van der Waals surface area contributed by atoms with Crippen LogP contribution >= 0.6 is 11.6 Å². The number of aromatic nitrogens is 2. The number of methoxy groups -OCH3 is 1. The van der Waals surface area contributed by atoms with Gasteiger partial charge < -0.3 is 14.4 Å². The second-order valence-corrected chi connectivity index (χ2v) is 8.69. The van der Waals surface area contributed by atoms with Crippen molar-refractivity contribution in [3.63, 3.8) is 0 Å². The molecule has 3 aromatic rings. The number of imidazole rings is 1. The summed E-state index contributed by atoms with van der Waals surface area (Å²) in [6.45, 7) is 2.58. The highest BCUT2D eigenvalue weighted by atomic mass is 35.5. The molecule has 0 atom stereocenters. The third-order valence-corrected chi connectivity index (χ3v) is 6.42. The molecule has 3 rings (SSSR count). The first-order valence-electron chi connectivity index (χ1n) is 8.20. The first kappa shape index (κ1) is 19.5. The Labute approximate surface area is 162 Å². The summed E-state index contributed by atoms with van der Waals surface area (Å²) in [7, 11) is 0.857. The topological polar surface area (TPSA) is 84.7 Å². The Hall–Kier alpha value is -2.29. The van der Waals surface area contributed by atoms with E-state index in [0.29, 0.717) is 23.4 Å². The molecule has 0 aliphatic carbocycles. The molecule has 0 bridgehead atoms. The SMILES string of the molecule is CCn1c(-c2cc(Cl)c(O)c(OC)c2)nc2cc(S(=O)(=O)N(C)C)ccc21. The van der Waals surface area contributed by atoms with Crippen molar-refractivity contribution in [3.05, 3.63) is 35.4 Å². The predicted molar refractivity (Wildman–Crippen MR) is 105 cm³/mol. The molecule has 0 aliphatic rings. The number of phenolic OH excluding ortho intramolecular Hbond substituents is 1. The second-order valence-electron chi connectivity index (χ2n) is 6.13. The fraction of sp³-hybridized carbons (Fsp3) is 0.278. The van der Waals surface area contributed by atoms with Gasteiger partial charge in [-0.05, 0) is 37.3 Å². The van der Waals surface area contributed by atoms with Crippen LogP contribution in [0, 0.1) is 0 Å². The molecule has 0 saturated heterocycles. The van der Waals surface area contributed by atoms with Crippen LogP contribution in [0.2, 0.25) is 5.02 Å². The molecule has 1 aromatic heterocycles. The number of sulfonamides is 1. The molecule has 0 saturated carbocycles. The summed E-state index contributed by atoms with van der Waals surface area (Å²) in [5.41, 5.74) is 2.01. The third kappa shape index (κ3) is 3.24. The molecule has 0 radical (unpaired) electrons. The number of aromatic hydroxyl groups is 1. The zero-order valence-corrected chi connectivity index (χ0v) is 17.0. The number of ether oxygens (including phenoxy) is 1.